The van der Waals surface area contributed by atoms with E-state index < -0.39 is 6.09 Å². The van der Waals surface area contributed by atoms with Crippen molar-refractivity contribution in [2.45, 2.75) is 25.3 Å². The molecule has 2 N–H and O–H groups in total. The Balaban J connectivity index is 1.60. The molecule has 0 aliphatic heterocycles. The summed E-state index contributed by atoms with van der Waals surface area (Å²) in [5.74, 6) is 1.54. The van der Waals surface area contributed by atoms with Gasteiger partial charge in [-0.1, -0.05) is 0 Å². The molecule has 3 aromatic rings. The molecule has 0 bridgehead atoms. The third kappa shape index (κ3) is 7.00. The SMILES string of the molecule is N#Cc1ccc(Oc2cc(Oc3ccc(C#N)cc3)cc(C(=O)N(CCCNC(=O)O)C3CC3)c2)cc1. The maximum Gasteiger partial charge on any atom is 0.404 e. The number of carboxylic acid groups (broad SMARTS) is 1. The summed E-state index contributed by atoms with van der Waals surface area (Å²) in [7, 11) is 0. The maximum atomic E-state index is 13.5. The van der Waals surface area contributed by atoms with Crippen LogP contribution < -0.4 is 14.8 Å². The van der Waals surface area contributed by atoms with Gasteiger partial charge < -0.3 is 24.8 Å². The lowest BCUT2D eigenvalue weighted by molar-refractivity contribution is 0.0740. The molecule has 4 rings (SSSR count). The topological polar surface area (TPSA) is 136 Å². The number of hydrogen-bond acceptors (Lipinski definition) is 6. The summed E-state index contributed by atoms with van der Waals surface area (Å²) in [5.41, 5.74) is 1.37. The zero-order valence-corrected chi connectivity index (χ0v) is 19.9. The van der Waals surface area contributed by atoms with Crippen LogP contribution in [0.2, 0.25) is 0 Å². The smallest absolute Gasteiger partial charge is 0.404 e. The summed E-state index contributed by atoms with van der Waals surface area (Å²) >= 11 is 0. The molecule has 186 valence electrons. The Morgan fingerprint density at radius 2 is 1.38 bits per heavy atom. The number of ether oxygens (including phenoxy) is 2. The minimum atomic E-state index is -1.10. The molecule has 0 spiro atoms. The number of benzene rings is 3. The van der Waals surface area contributed by atoms with Gasteiger partial charge in [0.25, 0.3) is 5.91 Å². The van der Waals surface area contributed by atoms with Gasteiger partial charge in [0.15, 0.2) is 0 Å². The van der Waals surface area contributed by atoms with Gasteiger partial charge in [-0.05, 0) is 79.9 Å². The van der Waals surface area contributed by atoms with E-state index in [2.05, 4.69) is 17.5 Å². The number of nitrogens with zero attached hydrogens (tertiary/aromatic N) is 3. The largest absolute Gasteiger partial charge is 0.465 e. The second-order valence-corrected chi connectivity index (χ2v) is 8.48. The summed E-state index contributed by atoms with van der Waals surface area (Å²) in [6.45, 7) is 0.664. The van der Waals surface area contributed by atoms with Gasteiger partial charge in [-0.25, -0.2) is 4.79 Å². The Bertz CT molecular complexity index is 1280. The fraction of sp³-hybridized carbons (Fsp3) is 0.214. The van der Waals surface area contributed by atoms with Crippen LogP contribution in [-0.2, 0) is 0 Å². The fourth-order valence-corrected chi connectivity index (χ4v) is 3.73. The van der Waals surface area contributed by atoms with E-state index in [1.165, 1.54) is 0 Å². The van der Waals surface area contributed by atoms with Gasteiger partial charge in [0.05, 0.1) is 23.3 Å². The molecular formula is C28H24N4O5. The van der Waals surface area contributed by atoms with Gasteiger partial charge in [-0.3, -0.25) is 4.79 Å². The van der Waals surface area contributed by atoms with Gasteiger partial charge in [-0.15, -0.1) is 0 Å². The van der Waals surface area contributed by atoms with Crippen LogP contribution in [0.25, 0.3) is 0 Å². The van der Waals surface area contributed by atoms with Gasteiger partial charge >= 0.3 is 6.09 Å². The highest BCUT2D eigenvalue weighted by molar-refractivity contribution is 5.95. The molecule has 0 saturated heterocycles. The van der Waals surface area contributed by atoms with Gasteiger partial charge in [0.2, 0.25) is 0 Å². The molecule has 0 radical (unpaired) electrons. The zero-order chi connectivity index (χ0) is 26.2. The number of nitriles is 2. The quantitative estimate of drug-likeness (QED) is 0.365. The van der Waals surface area contributed by atoms with Gasteiger partial charge in [-0.2, -0.15) is 10.5 Å². The van der Waals surface area contributed by atoms with E-state index in [1.54, 1.807) is 71.6 Å². The Labute approximate surface area is 214 Å². The highest BCUT2D eigenvalue weighted by atomic mass is 16.5. The third-order valence-corrected chi connectivity index (χ3v) is 5.67. The van der Waals surface area contributed by atoms with Crippen molar-refractivity contribution in [1.29, 1.82) is 10.5 Å². The molecule has 9 nitrogen and oxygen atoms in total. The molecule has 37 heavy (non-hydrogen) atoms. The molecule has 1 fully saturated rings. The molecular weight excluding hydrogens is 472 g/mol. The number of nitrogens with one attached hydrogen (secondary N) is 1. The molecule has 0 heterocycles. The second-order valence-electron chi connectivity index (χ2n) is 8.48. The molecule has 3 aromatic carbocycles. The second kappa shape index (κ2) is 11.6. The standard InChI is InChI=1S/C28H24N4O5/c29-17-19-2-8-23(9-3-19)36-25-14-21(15-26(16-25)37-24-10-4-20(18-30)5-11-24)27(33)32(22-6-7-22)13-1-12-31-28(34)35/h2-5,8-11,14-16,22,31H,1,6-7,12-13H2,(H,34,35). The van der Waals surface area contributed by atoms with E-state index in [0.29, 0.717) is 52.7 Å². The lowest BCUT2D eigenvalue weighted by Gasteiger charge is -2.23. The average Bonchev–Trinajstić information content (AvgIpc) is 3.74. The van der Waals surface area contributed by atoms with Crippen LogP contribution in [-0.4, -0.2) is 41.1 Å². The minimum Gasteiger partial charge on any atom is -0.465 e. The van der Waals surface area contributed by atoms with Crippen LogP contribution in [0.3, 0.4) is 0 Å². The van der Waals surface area contributed by atoms with Crippen molar-refractivity contribution in [2.24, 2.45) is 0 Å². The summed E-state index contributed by atoms with van der Waals surface area (Å²) in [4.78, 5) is 26.0. The highest BCUT2D eigenvalue weighted by Gasteiger charge is 2.33. The Hall–Kier alpha value is -5.02. The minimum absolute atomic E-state index is 0.114. The zero-order valence-electron chi connectivity index (χ0n) is 19.9. The molecule has 2 amide bonds. The first-order valence-electron chi connectivity index (χ1n) is 11.7. The lowest BCUT2D eigenvalue weighted by Crippen LogP contribution is -2.35. The van der Waals surface area contributed by atoms with E-state index >= 15 is 0 Å². The molecule has 0 atom stereocenters. The van der Waals surface area contributed by atoms with Crippen LogP contribution in [0.1, 0.15) is 40.7 Å². The van der Waals surface area contributed by atoms with Gasteiger partial charge in [0.1, 0.15) is 23.0 Å². The summed E-state index contributed by atoms with van der Waals surface area (Å²) in [5, 5.41) is 29.2. The number of hydrogen-bond donors (Lipinski definition) is 2. The van der Waals surface area contributed by atoms with Gasteiger partial charge in [0, 0.05) is 30.8 Å². The van der Waals surface area contributed by atoms with E-state index in [1.807, 2.05) is 0 Å². The van der Waals surface area contributed by atoms with Crippen molar-refractivity contribution in [3.05, 3.63) is 83.4 Å². The van der Waals surface area contributed by atoms with Crippen LogP contribution in [0, 0.1) is 22.7 Å². The van der Waals surface area contributed by atoms with Crippen LogP contribution >= 0.6 is 0 Å². The predicted octanol–water partition coefficient (Wildman–Crippen LogP) is 5.28. The molecule has 0 unspecified atom stereocenters. The molecule has 1 aliphatic carbocycles. The van der Waals surface area contributed by atoms with Crippen molar-refractivity contribution < 1.29 is 24.2 Å². The molecule has 9 heteroatoms. The third-order valence-electron chi connectivity index (χ3n) is 5.67. The summed E-state index contributed by atoms with van der Waals surface area (Å²) in [6.07, 6.45) is 1.19. The highest BCUT2D eigenvalue weighted by Crippen LogP contribution is 2.33. The van der Waals surface area contributed by atoms with Crippen molar-refractivity contribution in [3.8, 4) is 35.1 Å². The number of rotatable bonds is 10. The number of amides is 2. The number of carbonyl (C=O) groups is 2. The Morgan fingerprint density at radius 1 is 0.865 bits per heavy atom. The molecule has 1 saturated carbocycles. The molecule has 0 aromatic heterocycles. The Kier molecular flexibility index (Phi) is 7.87. The first-order valence-corrected chi connectivity index (χ1v) is 11.7. The summed E-state index contributed by atoms with van der Waals surface area (Å²) < 4.78 is 12.0. The molecule has 1 aliphatic rings. The maximum absolute atomic E-state index is 13.5. The first kappa shape index (κ1) is 25.1. The lowest BCUT2D eigenvalue weighted by atomic mass is 10.1. The van der Waals surface area contributed by atoms with Crippen LogP contribution in [0.15, 0.2) is 66.7 Å². The average molecular weight is 497 g/mol. The van der Waals surface area contributed by atoms with Crippen molar-refractivity contribution in [2.75, 3.05) is 13.1 Å². The number of carbonyl (C=O) groups excluding carboxylic acids is 1. The first-order chi connectivity index (χ1) is 17.9. The summed E-state index contributed by atoms with van der Waals surface area (Å²) in [6, 6.07) is 22.4. The van der Waals surface area contributed by atoms with Crippen molar-refractivity contribution in [3.63, 3.8) is 0 Å². The fourth-order valence-electron chi connectivity index (χ4n) is 3.73. The van der Waals surface area contributed by atoms with E-state index in [-0.39, 0.29) is 18.5 Å². The predicted molar refractivity (Wildman–Crippen MR) is 134 cm³/mol. The van der Waals surface area contributed by atoms with E-state index in [0.717, 1.165) is 12.8 Å². The van der Waals surface area contributed by atoms with E-state index in [9.17, 15) is 9.59 Å². The van der Waals surface area contributed by atoms with Crippen molar-refractivity contribution in [1.82, 2.24) is 10.2 Å². The normalized spacial score (nSPS) is 12.1. The Morgan fingerprint density at radius 3 is 1.81 bits per heavy atom. The van der Waals surface area contributed by atoms with Crippen LogP contribution in [0.5, 0.6) is 23.0 Å². The van der Waals surface area contributed by atoms with E-state index in [4.69, 9.17) is 25.1 Å². The van der Waals surface area contributed by atoms with Crippen molar-refractivity contribution >= 4 is 12.0 Å². The monoisotopic (exact) mass is 496 g/mol. The van der Waals surface area contributed by atoms with Crippen LogP contribution in [0.4, 0.5) is 4.79 Å².